The molecule has 1 heterocycles. The van der Waals surface area contributed by atoms with Gasteiger partial charge in [-0.15, -0.1) is 0 Å². The summed E-state index contributed by atoms with van der Waals surface area (Å²) in [6.45, 7) is 6.84. The van der Waals surface area contributed by atoms with Gasteiger partial charge in [-0.3, -0.25) is 0 Å². The number of hydrogen-bond donors (Lipinski definition) is 0. The van der Waals surface area contributed by atoms with Crippen LogP contribution in [-0.2, 0) is 13.5 Å². The molecule has 18 heavy (non-hydrogen) atoms. The number of hydrogen-bond acceptors (Lipinski definition) is 1. The van der Waals surface area contributed by atoms with Gasteiger partial charge in [0.25, 0.3) is 0 Å². The van der Waals surface area contributed by atoms with Crippen molar-refractivity contribution < 1.29 is 0 Å². The molecular weight excluding hydrogens is 220 g/mol. The Kier molecular flexibility index (Phi) is 4.47. The van der Waals surface area contributed by atoms with Gasteiger partial charge in [0.15, 0.2) is 0 Å². The zero-order valence-corrected chi connectivity index (χ0v) is 12.4. The van der Waals surface area contributed by atoms with Crippen LogP contribution in [0.25, 0.3) is 0 Å². The van der Waals surface area contributed by atoms with Crippen LogP contribution in [-0.4, -0.2) is 9.55 Å². The average molecular weight is 248 g/mol. The van der Waals surface area contributed by atoms with E-state index in [4.69, 9.17) is 0 Å². The summed E-state index contributed by atoms with van der Waals surface area (Å²) in [5, 5.41) is 0. The minimum absolute atomic E-state index is 0.551. The van der Waals surface area contributed by atoms with Crippen LogP contribution in [0.15, 0.2) is 6.20 Å². The molecule has 1 unspecified atom stereocenters. The Morgan fingerprint density at radius 1 is 1.22 bits per heavy atom. The average Bonchev–Trinajstić information content (AvgIpc) is 2.71. The first kappa shape index (κ1) is 13.6. The fourth-order valence-electron chi connectivity index (χ4n) is 3.06. The number of nitrogens with zero attached hydrogens (tertiary/aromatic N) is 2. The van der Waals surface area contributed by atoms with Gasteiger partial charge < -0.3 is 4.57 Å². The molecule has 102 valence electrons. The molecule has 1 aliphatic rings. The third-order valence-corrected chi connectivity index (χ3v) is 4.75. The van der Waals surface area contributed by atoms with E-state index in [1.807, 2.05) is 0 Å². The lowest BCUT2D eigenvalue weighted by Gasteiger charge is -2.22. The molecule has 0 N–H and O–H groups in total. The lowest BCUT2D eigenvalue weighted by molar-refractivity contribution is 0.351. The van der Waals surface area contributed by atoms with Gasteiger partial charge in [-0.1, -0.05) is 52.9 Å². The van der Waals surface area contributed by atoms with Crippen LogP contribution in [0.5, 0.6) is 0 Å². The Labute approximate surface area is 112 Å². The van der Waals surface area contributed by atoms with Crippen molar-refractivity contribution in [3.63, 3.8) is 0 Å². The summed E-state index contributed by atoms with van der Waals surface area (Å²) in [4.78, 5) is 4.67. The maximum atomic E-state index is 4.67. The molecule has 0 aliphatic heterocycles. The van der Waals surface area contributed by atoms with Crippen LogP contribution < -0.4 is 0 Å². The molecule has 1 atom stereocenters. The molecule has 0 bridgehead atoms. The SMILES string of the molecule is CC(C)C(C)c1ncc(CC2CCCCC2)n1C. The predicted molar refractivity (Wildman–Crippen MR) is 76.7 cm³/mol. The van der Waals surface area contributed by atoms with E-state index in [0.29, 0.717) is 11.8 Å². The largest absolute Gasteiger partial charge is 0.335 e. The summed E-state index contributed by atoms with van der Waals surface area (Å²) in [5.74, 6) is 3.37. The van der Waals surface area contributed by atoms with Crippen LogP contribution in [0.2, 0.25) is 0 Å². The van der Waals surface area contributed by atoms with E-state index in [2.05, 4.69) is 43.6 Å². The first-order valence-electron chi connectivity index (χ1n) is 7.60. The van der Waals surface area contributed by atoms with E-state index in [0.717, 1.165) is 5.92 Å². The second-order valence-electron chi connectivity index (χ2n) is 6.41. The summed E-state index contributed by atoms with van der Waals surface area (Å²) in [5.41, 5.74) is 1.43. The Morgan fingerprint density at radius 3 is 2.50 bits per heavy atom. The van der Waals surface area contributed by atoms with Crippen LogP contribution >= 0.6 is 0 Å². The van der Waals surface area contributed by atoms with Crippen molar-refractivity contribution in [3.8, 4) is 0 Å². The maximum Gasteiger partial charge on any atom is 0.111 e. The molecule has 0 spiro atoms. The molecule has 2 heteroatoms. The van der Waals surface area contributed by atoms with Crippen molar-refractivity contribution >= 4 is 0 Å². The number of aromatic nitrogens is 2. The highest BCUT2D eigenvalue weighted by Crippen LogP contribution is 2.28. The van der Waals surface area contributed by atoms with Gasteiger partial charge in [0, 0.05) is 24.9 Å². The molecule has 0 aromatic carbocycles. The first-order valence-corrected chi connectivity index (χ1v) is 7.60. The van der Waals surface area contributed by atoms with E-state index in [1.54, 1.807) is 0 Å². The van der Waals surface area contributed by atoms with E-state index in [9.17, 15) is 0 Å². The highest BCUT2D eigenvalue weighted by atomic mass is 15.1. The second kappa shape index (κ2) is 5.90. The zero-order chi connectivity index (χ0) is 13.1. The Bertz CT molecular complexity index is 372. The smallest absolute Gasteiger partial charge is 0.111 e. The normalized spacial score (nSPS) is 19.4. The Morgan fingerprint density at radius 2 is 1.89 bits per heavy atom. The van der Waals surface area contributed by atoms with Gasteiger partial charge in [-0.2, -0.15) is 0 Å². The third-order valence-electron chi connectivity index (χ3n) is 4.75. The van der Waals surface area contributed by atoms with Gasteiger partial charge >= 0.3 is 0 Å². The fourth-order valence-corrected chi connectivity index (χ4v) is 3.06. The topological polar surface area (TPSA) is 17.8 Å². The molecule has 0 saturated heterocycles. The van der Waals surface area contributed by atoms with Crippen molar-refractivity contribution in [2.24, 2.45) is 18.9 Å². The molecule has 1 aromatic heterocycles. The van der Waals surface area contributed by atoms with E-state index >= 15 is 0 Å². The van der Waals surface area contributed by atoms with Gasteiger partial charge in [0.05, 0.1) is 0 Å². The van der Waals surface area contributed by atoms with Gasteiger partial charge in [-0.05, 0) is 18.3 Å². The molecule has 0 radical (unpaired) electrons. The molecule has 2 nitrogen and oxygen atoms in total. The lowest BCUT2D eigenvalue weighted by atomic mass is 9.86. The number of imidazole rings is 1. The highest BCUT2D eigenvalue weighted by Gasteiger charge is 2.19. The van der Waals surface area contributed by atoms with Crippen molar-refractivity contribution in [1.82, 2.24) is 9.55 Å². The number of rotatable bonds is 4. The van der Waals surface area contributed by atoms with E-state index < -0.39 is 0 Å². The molecule has 1 aromatic rings. The fraction of sp³-hybridized carbons (Fsp3) is 0.812. The molecule has 1 aliphatic carbocycles. The minimum Gasteiger partial charge on any atom is -0.335 e. The van der Waals surface area contributed by atoms with E-state index in [-0.39, 0.29) is 0 Å². The van der Waals surface area contributed by atoms with Crippen molar-refractivity contribution in [3.05, 3.63) is 17.7 Å². The Balaban J connectivity index is 2.05. The molecule has 0 amide bonds. The van der Waals surface area contributed by atoms with Crippen LogP contribution in [0.1, 0.15) is 70.3 Å². The summed E-state index contributed by atoms with van der Waals surface area (Å²) in [6, 6.07) is 0. The first-order chi connectivity index (χ1) is 8.59. The highest BCUT2D eigenvalue weighted by molar-refractivity contribution is 5.09. The molecule has 1 saturated carbocycles. The summed E-state index contributed by atoms with van der Waals surface area (Å²) in [6.07, 6.45) is 10.5. The third kappa shape index (κ3) is 2.96. The summed E-state index contributed by atoms with van der Waals surface area (Å²) >= 11 is 0. The second-order valence-corrected chi connectivity index (χ2v) is 6.41. The molecule has 2 rings (SSSR count). The predicted octanol–water partition coefficient (Wildman–Crippen LogP) is 4.30. The monoisotopic (exact) mass is 248 g/mol. The van der Waals surface area contributed by atoms with Gasteiger partial charge in [-0.25, -0.2) is 4.98 Å². The van der Waals surface area contributed by atoms with Crippen molar-refractivity contribution in [1.29, 1.82) is 0 Å². The standard InChI is InChI=1S/C16H28N2/c1-12(2)13(3)16-17-11-15(18(16)4)10-14-8-6-5-7-9-14/h11-14H,5-10H2,1-4H3. The quantitative estimate of drug-likeness (QED) is 0.776. The molecular formula is C16H28N2. The lowest BCUT2D eigenvalue weighted by Crippen LogP contribution is -2.14. The Hall–Kier alpha value is -0.790. The minimum atomic E-state index is 0.551. The van der Waals surface area contributed by atoms with Crippen molar-refractivity contribution in [2.75, 3.05) is 0 Å². The van der Waals surface area contributed by atoms with Crippen LogP contribution in [0.4, 0.5) is 0 Å². The maximum absolute atomic E-state index is 4.67. The van der Waals surface area contributed by atoms with Crippen LogP contribution in [0, 0.1) is 11.8 Å². The summed E-state index contributed by atoms with van der Waals surface area (Å²) < 4.78 is 2.35. The van der Waals surface area contributed by atoms with Gasteiger partial charge in [0.1, 0.15) is 5.82 Å². The summed E-state index contributed by atoms with van der Waals surface area (Å²) in [7, 11) is 2.19. The van der Waals surface area contributed by atoms with Crippen molar-refractivity contribution in [2.45, 2.75) is 65.2 Å². The van der Waals surface area contributed by atoms with Crippen LogP contribution in [0.3, 0.4) is 0 Å². The van der Waals surface area contributed by atoms with Gasteiger partial charge in [0.2, 0.25) is 0 Å². The zero-order valence-electron chi connectivity index (χ0n) is 12.4. The van der Waals surface area contributed by atoms with E-state index in [1.165, 1.54) is 50.0 Å². The molecule has 1 fully saturated rings.